The summed E-state index contributed by atoms with van der Waals surface area (Å²) in [6, 6.07) is 9.37. The molecule has 16 nitrogen and oxygen atoms in total. The van der Waals surface area contributed by atoms with Crippen LogP contribution in [0.3, 0.4) is 0 Å². The second-order valence-electron chi connectivity index (χ2n) is 18.5. The van der Waals surface area contributed by atoms with Crippen molar-refractivity contribution in [2.45, 2.75) is 89.1 Å². The van der Waals surface area contributed by atoms with E-state index in [9.17, 15) is 55.1 Å². The molecule has 0 bridgehead atoms. The number of rotatable bonds is 13. The summed E-state index contributed by atoms with van der Waals surface area (Å²) in [6.07, 6.45) is 1.97. The summed E-state index contributed by atoms with van der Waals surface area (Å²) in [4.78, 5) is 75.1. The first-order valence-electron chi connectivity index (χ1n) is 22.7. The monoisotopic (exact) mass is 999 g/mol. The Morgan fingerprint density at radius 2 is 1.42 bits per heavy atom. The zero-order valence-electron chi connectivity index (χ0n) is 39.1. The van der Waals surface area contributed by atoms with Crippen LogP contribution in [0.25, 0.3) is 0 Å². The minimum absolute atomic E-state index is 0.0696. The van der Waals surface area contributed by atoms with E-state index >= 15 is 0 Å². The van der Waals surface area contributed by atoms with Crippen molar-refractivity contribution in [1.29, 1.82) is 5.26 Å². The second-order valence-corrected chi connectivity index (χ2v) is 18.5. The number of hydrogen-bond acceptors (Lipinski definition) is 11. The van der Waals surface area contributed by atoms with Crippen molar-refractivity contribution >= 4 is 36.3 Å². The average molecular weight is 1000 g/mol. The number of benzene rings is 3. The molecule has 6 atom stereocenters. The van der Waals surface area contributed by atoms with Gasteiger partial charge in [0, 0.05) is 93.8 Å². The number of carbonyl (C=O) groups is 6. The summed E-state index contributed by atoms with van der Waals surface area (Å²) in [5, 5.41) is 22.8. The van der Waals surface area contributed by atoms with Crippen LogP contribution >= 0.6 is 0 Å². The lowest BCUT2D eigenvalue weighted by Crippen LogP contribution is -2.46. The molecule has 4 fully saturated rings. The molecule has 71 heavy (non-hydrogen) atoms. The van der Waals surface area contributed by atoms with Gasteiger partial charge in [0.25, 0.3) is 12.4 Å². The Labute approximate surface area is 405 Å². The number of halogens is 6. The Bertz CT molecular complexity index is 2520. The number of nitrogens with two attached hydrogens (primary N) is 1. The van der Waals surface area contributed by atoms with E-state index in [0.29, 0.717) is 61.4 Å². The van der Waals surface area contributed by atoms with Crippen LogP contribution in [0.5, 0.6) is 0 Å². The minimum atomic E-state index is -1.29. The Morgan fingerprint density at radius 1 is 0.831 bits per heavy atom. The molecule has 4 saturated heterocycles. The molecule has 0 aliphatic carbocycles. The highest BCUT2D eigenvalue weighted by atomic mass is 19.2. The van der Waals surface area contributed by atoms with Crippen molar-refractivity contribution in [2.75, 3.05) is 39.3 Å². The first kappa shape index (κ1) is 54.9. The number of aliphatic carboxylic acids is 1. The van der Waals surface area contributed by atoms with Crippen molar-refractivity contribution in [3.8, 4) is 6.07 Å². The molecular weight excluding hydrogens is 945 g/mol. The van der Waals surface area contributed by atoms with E-state index in [0.717, 1.165) is 44.3 Å². The van der Waals surface area contributed by atoms with Gasteiger partial charge in [-0.25, -0.2) is 35.9 Å². The Kier molecular flexibility index (Phi) is 19.1. The van der Waals surface area contributed by atoms with Crippen molar-refractivity contribution in [1.82, 2.24) is 25.3 Å². The third kappa shape index (κ3) is 15.5. The number of nitriles is 1. The summed E-state index contributed by atoms with van der Waals surface area (Å²) in [6.45, 7) is 8.90. The van der Waals surface area contributed by atoms with Crippen molar-refractivity contribution < 1.29 is 69.7 Å². The predicted molar refractivity (Wildman–Crippen MR) is 241 cm³/mol. The molecule has 3 aromatic carbocycles. The van der Waals surface area contributed by atoms with E-state index in [1.165, 1.54) is 0 Å². The lowest BCUT2D eigenvalue weighted by atomic mass is 10.0. The third-order valence-corrected chi connectivity index (χ3v) is 12.2. The highest BCUT2D eigenvalue weighted by Gasteiger charge is 2.45. The third-order valence-electron chi connectivity index (χ3n) is 12.2. The normalized spacial score (nSPS) is 19.8. The van der Waals surface area contributed by atoms with Crippen LogP contribution in [0.15, 0.2) is 60.9 Å². The van der Waals surface area contributed by atoms with Crippen LogP contribution in [0.1, 0.15) is 73.5 Å². The zero-order valence-corrected chi connectivity index (χ0v) is 39.1. The molecule has 4 heterocycles. The van der Waals surface area contributed by atoms with Crippen LogP contribution in [0, 0.1) is 58.1 Å². The van der Waals surface area contributed by atoms with Gasteiger partial charge in [-0.2, -0.15) is 5.26 Å². The highest BCUT2D eigenvalue weighted by Crippen LogP contribution is 2.33. The number of likely N-dealkylation sites (tertiary alicyclic amines) is 3. The second kappa shape index (κ2) is 24.7. The number of carbonyl (C=O) groups excluding carboxylic acids is 5. The lowest BCUT2D eigenvalue weighted by molar-refractivity contribution is -0.133. The van der Waals surface area contributed by atoms with E-state index in [-0.39, 0.29) is 79.0 Å². The standard InChI is InChI=1S/C24H23F3N4O2.C21H28F3N3O3.C4H4O4/c25-19-10-21(27)20(26)8-17(19)7-18(29)9-23(32)31-5-4-16-12-30(13-22(16)31)24(33)15-3-1-2-14(6-15)11-28;1-21(2,3)30-20(29)26-14(6-13-7-16(23)17(24)9-15(13)22)8-19(28)27-5-4-12-10-25-11-18(12)27;5-3-8-2-1-4(6)7/h1-3,6,8,10,16,18,22H,4-5,7,9,12-13,29H2;7,9,12,14,18,25H,4-6,8,10-11H2,1-3H3,(H,26,29);1-3H,(H,6,7)/b;;2-1+/t16-,18+,22+;12-,14+,18+;/m00./s1. The van der Waals surface area contributed by atoms with Gasteiger partial charge in [0.05, 0.1) is 23.8 Å². The quantitative estimate of drug-likeness (QED) is 0.0576. The molecule has 0 unspecified atom stereocenters. The average Bonchev–Trinajstić information content (AvgIpc) is 4.10. The molecule has 4 amide bonds. The number of alkyl carbamates (subject to hydrolysis) is 1. The van der Waals surface area contributed by atoms with Crippen LogP contribution in [0.4, 0.5) is 31.1 Å². The minimum Gasteiger partial charge on any atom is -0.478 e. The molecule has 0 spiro atoms. The summed E-state index contributed by atoms with van der Waals surface area (Å²) in [5.41, 5.74) is 5.91. The highest BCUT2D eigenvalue weighted by molar-refractivity contribution is 5.95. The fourth-order valence-corrected chi connectivity index (χ4v) is 9.01. The number of hydrogen-bond donors (Lipinski definition) is 4. The maximum atomic E-state index is 14.2. The smallest absolute Gasteiger partial charge is 0.407 e. The van der Waals surface area contributed by atoms with Crippen molar-refractivity contribution in [3.63, 3.8) is 0 Å². The summed E-state index contributed by atoms with van der Waals surface area (Å²) < 4.78 is 90.6. The van der Waals surface area contributed by atoms with Gasteiger partial charge < -0.3 is 45.6 Å². The van der Waals surface area contributed by atoms with Gasteiger partial charge in [-0.05, 0) is 93.8 Å². The van der Waals surface area contributed by atoms with Gasteiger partial charge >= 0.3 is 12.1 Å². The molecule has 4 aliphatic heterocycles. The maximum Gasteiger partial charge on any atom is 0.407 e. The SMILES string of the molecule is CC(C)(C)OC(=O)N[C@@H](CC(=O)N1CC[C@H]2CNC[C@H]21)Cc1cc(F)c(F)cc1F.N#Cc1cccc(C(=O)N2C[C@@H]3CCN(C(=O)C[C@H](N)Cc4cc(F)c(F)cc4F)[C@@H]3C2)c1.O=CO/C=C/C(=O)O. The molecule has 7 rings (SSSR count). The van der Waals surface area contributed by atoms with Gasteiger partial charge in [-0.3, -0.25) is 19.2 Å². The molecular formula is C49H55F6N7O9. The van der Waals surface area contributed by atoms with Crippen LogP contribution in [0.2, 0.25) is 0 Å². The van der Waals surface area contributed by atoms with Crippen LogP contribution < -0.4 is 16.4 Å². The molecule has 0 saturated carbocycles. The summed E-state index contributed by atoms with van der Waals surface area (Å²) >= 11 is 0. The first-order valence-corrected chi connectivity index (χ1v) is 22.7. The molecule has 5 N–H and O–H groups in total. The van der Waals surface area contributed by atoms with E-state index in [4.69, 9.17) is 20.8 Å². The summed E-state index contributed by atoms with van der Waals surface area (Å²) in [5.74, 6) is -7.89. The zero-order chi connectivity index (χ0) is 52.2. The number of fused-ring (bicyclic) bond motifs is 2. The fraction of sp³-hybridized carbons (Fsp3) is 0.449. The number of nitrogens with one attached hydrogen (secondary N) is 2. The number of carboxylic acid groups (broad SMARTS) is 1. The van der Waals surface area contributed by atoms with E-state index in [1.54, 1.807) is 59.7 Å². The van der Waals surface area contributed by atoms with Gasteiger partial charge in [-0.15, -0.1) is 0 Å². The van der Waals surface area contributed by atoms with Crippen molar-refractivity contribution in [2.24, 2.45) is 17.6 Å². The number of amides is 4. The largest absolute Gasteiger partial charge is 0.478 e. The molecule has 382 valence electrons. The molecule has 22 heteroatoms. The van der Waals surface area contributed by atoms with Crippen LogP contribution in [-0.4, -0.2) is 125 Å². The Hall–Kier alpha value is -6.99. The van der Waals surface area contributed by atoms with Gasteiger partial charge in [0.15, 0.2) is 23.3 Å². The van der Waals surface area contributed by atoms with E-state index < -0.39 is 64.7 Å². The molecule has 0 aromatic heterocycles. The molecule has 4 aliphatic rings. The Balaban J connectivity index is 0.000000230. The number of ether oxygens (including phenoxy) is 2. The van der Waals surface area contributed by atoms with Gasteiger partial charge in [-0.1, -0.05) is 6.07 Å². The Morgan fingerprint density at radius 3 is 2.03 bits per heavy atom. The van der Waals surface area contributed by atoms with Crippen molar-refractivity contribution in [3.05, 3.63) is 118 Å². The van der Waals surface area contributed by atoms with E-state index in [1.807, 2.05) is 6.07 Å². The fourth-order valence-electron chi connectivity index (χ4n) is 9.01. The number of nitrogens with zero attached hydrogens (tertiary/aromatic N) is 4. The lowest BCUT2D eigenvalue weighted by Gasteiger charge is -2.27. The summed E-state index contributed by atoms with van der Waals surface area (Å²) in [7, 11) is 0. The van der Waals surface area contributed by atoms with E-state index in [2.05, 4.69) is 15.4 Å². The molecule has 3 aromatic rings. The van der Waals surface area contributed by atoms with Gasteiger partial charge in [0.2, 0.25) is 11.8 Å². The molecule has 0 radical (unpaired) electrons. The van der Waals surface area contributed by atoms with Crippen LogP contribution in [-0.2, 0) is 41.5 Å². The van der Waals surface area contributed by atoms with Gasteiger partial charge in [0.1, 0.15) is 23.5 Å². The topological polar surface area (TPSA) is 225 Å². The maximum absolute atomic E-state index is 14.2. The predicted octanol–water partition coefficient (Wildman–Crippen LogP) is 5.12. The first-order chi connectivity index (χ1) is 33.6. The number of carboxylic acids is 1.